The second-order valence-electron chi connectivity index (χ2n) is 5.91. The van der Waals surface area contributed by atoms with Crippen LogP contribution in [0.4, 0.5) is 0 Å². The summed E-state index contributed by atoms with van der Waals surface area (Å²) in [5.74, 6) is 1.96. The number of hydrogen-bond donors (Lipinski definition) is 1. The molecule has 2 nitrogen and oxygen atoms in total. The highest BCUT2D eigenvalue weighted by Gasteiger charge is 2.46. The fourth-order valence-corrected chi connectivity index (χ4v) is 3.41. The summed E-state index contributed by atoms with van der Waals surface area (Å²) in [6.45, 7) is 6.83. The number of hydrogen-bond acceptors (Lipinski definition) is 1. The van der Waals surface area contributed by atoms with Gasteiger partial charge in [-0.1, -0.05) is 13.8 Å². The van der Waals surface area contributed by atoms with Gasteiger partial charge in [0.25, 0.3) is 0 Å². The maximum atomic E-state index is 11.4. The Morgan fingerprint density at radius 3 is 2.33 bits per heavy atom. The van der Waals surface area contributed by atoms with Crippen LogP contribution >= 0.6 is 0 Å². The molecule has 0 aromatic heterocycles. The third-order valence-electron chi connectivity index (χ3n) is 4.78. The molecule has 15 heavy (non-hydrogen) atoms. The van der Waals surface area contributed by atoms with Crippen LogP contribution in [-0.4, -0.2) is 11.9 Å². The first-order valence-corrected chi connectivity index (χ1v) is 6.33. The largest absolute Gasteiger partial charge is 0.353 e. The monoisotopic (exact) mass is 209 g/mol. The van der Waals surface area contributed by atoms with E-state index in [0.29, 0.717) is 11.5 Å². The van der Waals surface area contributed by atoms with Crippen molar-refractivity contribution in [1.29, 1.82) is 0 Å². The van der Waals surface area contributed by atoms with Gasteiger partial charge >= 0.3 is 0 Å². The molecule has 1 saturated carbocycles. The maximum Gasteiger partial charge on any atom is 0.220 e. The molecular formula is C13H23NO. The lowest BCUT2D eigenvalue weighted by atomic mass is 9.65. The Labute approximate surface area is 92.8 Å². The summed E-state index contributed by atoms with van der Waals surface area (Å²) in [6, 6.07) is 0.401. The van der Waals surface area contributed by atoms with E-state index in [-0.39, 0.29) is 5.91 Å². The highest BCUT2D eigenvalue weighted by atomic mass is 16.2. The molecule has 86 valence electrons. The first kappa shape index (κ1) is 11.0. The van der Waals surface area contributed by atoms with Crippen molar-refractivity contribution in [2.45, 2.75) is 58.9 Å². The Balaban J connectivity index is 2.00. The van der Waals surface area contributed by atoms with Gasteiger partial charge in [-0.3, -0.25) is 4.79 Å². The molecule has 1 amide bonds. The Morgan fingerprint density at radius 2 is 1.93 bits per heavy atom. The van der Waals surface area contributed by atoms with E-state index in [1.54, 1.807) is 0 Å². The zero-order chi connectivity index (χ0) is 11.1. The summed E-state index contributed by atoms with van der Waals surface area (Å²) in [5.41, 5.74) is 0.308. The second-order valence-corrected chi connectivity index (χ2v) is 5.91. The molecular weight excluding hydrogens is 186 g/mol. The third-order valence-corrected chi connectivity index (χ3v) is 4.78. The van der Waals surface area contributed by atoms with Gasteiger partial charge in [0.15, 0.2) is 0 Å². The summed E-state index contributed by atoms with van der Waals surface area (Å²) < 4.78 is 0. The minimum absolute atomic E-state index is 0.269. The summed E-state index contributed by atoms with van der Waals surface area (Å²) >= 11 is 0. The lowest BCUT2D eigenvalue weighted by Crippen LogP contribution is -2.38. The van der Waals surface area contributed by atoms with Crippen LogP contribution in [-0.2, 0) is 4.79 Å². The number of nitrogens with one attached hydrogen (secondary N) is 1. The van der Waals surface area contributed by atoms with Gasteiger partial charge in [-0.2, -0.15) is 0 Å². The highest BCUT2D eigenvalue weighted by molar-refractivity contribution is 5.79. The molecule has 1 spiro atoms. The number of rotatable bonds is 1. The fraction of sp³-hybridized carbons (Fsp3) is 0.923. The van der Waals surface area contributed by atoms with Crippen molar-refractivity contribution in [3.63, 3.8) is 0 Å². The van der Waals surface area contributed by atoms with Crippen LogP contribution in [0.2, 0.25) is 0 Å². The molecule has 0 aromatic rings. The average molecular weight is 209 g/mol. The van der Waals surface area contributed by atoms with Crippen molar-refractivity contribution in [1.82, 2.24) is 5.32 Å². The molecule has 1 N–H and O–H groups in total. The zero-order valence-electron chi connectivity index (χ0n) is 10.2. The number of amides is 1. The smallest absolute Gasteiger partial charge is 0.220 e. The topological polar surface area (TPSA) is 29.1 Å². The van der Waals surface area contributed by atoms with Gasteiger partial charge in [-0.15, -0.1) is 0 Å². The summed E-state index contributed by atoms with van der Waals surface area (Å²) in [4.78, 5) is 11.4. The van der Waals surface area contributed by atoms with Crippen molar-refractivity contribution >= 4 is 5.91 Å². The fourth-order valence-electron chi connectivity index (χ4n) is 3.41. The summed E-state index contributed by atoms with van der Waals surface area (Å²) in [7, 11) is 0. The normalized spacial score (nSPS) is 41.2. The van der Waals surface area contributed by atoms with Crippen molar-refractivity contribution in [3.05, 3.63) is 0 Å². The van der Waals surface area contributed by atoms with Crippen molar-refractivity contribution in [2.24, 2.45) is 17.3 Å². The molecule has 1 heterocycles. The summed E-state index contributed by atoms with van der Waals surface area (Å²) in [5, 5.41) is 3.08. The average Bonchev–Trinajstić information content (AvgIpc) is 2.42. The molecule has 1 aliphatic carbocycles. The van der Waals surface area contributed by atoms with E-state index >= 15 is 0 Å². The van der Waals surface area contributed by atoms with E-state index in [4.69, 9.17) is 0 Å². The maximum absolute atomic E-state index is 11.4. The molecule has 2 heteroatoms. The number of carbonyl (C=O) groups excluding carboxylic acids is 1. The van der Waals surface area contributed by atoms with Gasteiger partial charge < -0.3 is 5.32 Å². The Bertz CT molecular complexity index is 251. The van der Waals surface area contributed by atoms with Crippen LogP contribution in [0.15, 0.2) is 0 Å². The Kier molecular flexibility index (Phi) is 2.78. The van der Waals surface area contributed by atoms with E-state index in [1.165, 1.54) is 25.7 Å². The minimum atomic E-state index is 0.269. The van der Waals surface area contributed by atoms with E-state index in [2.05, 4.69) is 26.1 Å². The van der Waals surface area contributed by atoms with Crippen LogP contribution in [0.5, 0.6) is 0 Å². The lowest BCUT2D eigenvalue weighted by Gasteiger charge is -2.40. The molecule has 1 saturated heterocycles. The first-order chi connectivity index (χ1) is 7.03. The van der Waals surface area contributed by atoms with E-state index in [0.717, 1.165) is 18.3 Å². The van der Waals surface area contributed by atoms with Gasteiger partial charge in [-0.25, -0.2) is 0 Å². The second kappa shape index (κ2) is 3.80. The van der Waals surface area contributed by atoms with Gasteiger partial charge in [0.1, 0.15) is 0 Å². The molecule has 2 rings (SSSR count). The van der Waals surface area contributed by atoms with Crippen molar-refractivity contribution < 1.29 is 4.79 Å². The van der Waals surface area contributed by atoms with Crippen molar-refractivity contribution in [3.8, 4) is 0 Å². The van der Waals surface area contributed by atoms with Crippen molar-refractivity contribution in [2.75, 3.05) is 0 Å². The minimum Gasteiger partial charge on any atom is -0.353 e. The predicted octanol–water partition coefficient (Wildman–Crippen LogP) is 2.73. The first-order valence-electron chi connectivity index (χ1n) is 6.33. The van der Waals surface area contributed by atoms with Gasteiger partial charge in [0.2, 0.25) is 5.91 Å². The Morgan fingerprint density at radius 1 is 1.33 bits per heavy atom. The SMILES string of the molecule is CC(C)C1CCC2(CC1)CC(=O)NC2C. The van der Waals surface area contributed by atoms with Gasteiger partial charge in [0, 0.05) is 12.5 Å². The molecule has 2 fully saturated rings. The van der Waals surface area contributed by atoms with E-state index in [1.807, 2.05) is 0 Å². The molecule has 0 radical (unpaired) electrons. The van der Waals surface area contributed by atoms with Crippen LogP contribution < -0.4 is 5.32 Å². The van der Waals surface area contributed by atoms with E-state index in [9.17, 15) is 4.79 Å². The Hall–Kier alpha value is -0.530. The van der Waals surface area contributed by atoms with Crippen LogP contribution in [0, 0.1) is 17.3 Å². The third kappa shape index (κ3) is 1.91. The van der Waals surface area contributed by atoms with Gasteiger partial charge in [-0.05, 0) is 49.9 Å². The molecule has 1 unspecified atom stereocenters. The van der Waals surface area contributed by atoms with Crippen LogP contribution in [0.25, 0.3) is 0 Å². The molecule has 0 aromatic carbocycles. The quantitative estimate of drug-likeness (QED) is 0.707. The molecule has 1 aliphatic heterocycles. The molecule has 0 bridgehead atoms. The summed E-state index contributed by atoms with van der Waals surface area (Å²) in [6.07, 6.45) is 5.90. The molecule has 1 atom stereocenters. The van der Waals surface area contributed by atoms with Gasteiger partial charge in [0.05, 0.1) is 0 Å². The predicted molar refractivity (Wildman–Crippen MR) is 61.5 cm³/mol. The van der Waals surface area contributed by atoms with Crippen LogP contribution in [0.3, 0.4) is 0 Å². The zero-order valence-corrected chi connectivity index (χ0v) is 10.2. The standard InChI is InChI=1S/C13H23NO/c1-9(2)11-4-6-13(7-5-11)8-12(15)14-10(13)3/h9-11H,4-8H2,1-3H3,(H,14,15). The highest BCUT2D eigenvalue weighted by Crippen LogP contribution is 2.48. The number of carbonyl (C=O) groups is 1. The lowest BCUT2D eigenvalue weighted by molar-refractivity contribution is -0.119. The van der Waals surface area contributed by atoms with Crippen LogP contribution in [0.1, 0.15) is 52.9 Å². The van der Waals surface area contributed by atoms with E-state index < -0.39 is 0 Å². The molecule has 2 aliphatic rings.